The molecule has 0 spiro atoms. The summed E-state index contributed by atoms with van der Waals surface area (Å²) in [6, 6.07) is 5.90. The highest BCUT2D eigenvalue weighted by molar-refractivity contribution is 8.00. The molecule has 90 valence electrons. The van der Waals surface area contributed by atoms with Crippen LogP contribution in [0.15, 0.2) is 23.1 Å². The summed E-state index contributed by atoms with van der Waals surface area (Å²) in [5, 5.41) is 10.4. The summed E-state index contributed by atoms with van der Waals surface area (Å²) in [5.41, 5.74) is 0.898. The van der Waals surface area contributed by atoms with Crippen molar-refractivity contribution in [3.63, 3.8) is 0 Å². The third kappa shape index (κ3) is 3.16. The zero-order valence-electron chi connectivity index (χ0n) is 10.4. The molecular formula is C13H20O2S. The molecule has 2 atom stereocenters. The van der Waals surface area contributed by atoms with Crippen LogP contribution >= 0.6 is 11.8 Å². The maximum Gasteiger partial charge on any atom is 0.125 e. The van der Waals surface area contributed by atoms with E-state index in [0.717, 1.165) is 22.6 Å². The van der Waals surface area contributed by atoms with Gasteiger partial charge in [0.2, 0.25) is 0 Å². The highest BCUT2D eigenvalue weighted by atomic mass is 32.2. The van der Waals surface area contributed by atoms with E-state index >= 15 is 0 Å². The zero-order valence-corrected chi connectivity index (χ0v) is 11.2. The predicted molar refractivity (Wildman–Crippen MR) is 69.2 cm³/mol. The van der Waals surface area contributed by atoms with Crippen molar-refractivity contribution in [2.75, 3.05) is 7.11 Å². The van der Waals surface area contributed by atoms with E-state index in [4.69, 9.17) is 4.74 Å². The Balaban J connectivity index is 3.07. The number of thioether (sulfide) groups is 1. The Morgan fingerprint density at radius 2 is 2.06 bits per heavy atom. The molecule has 16 heavy (non-hydrogen) atoms. The van der Waals surface area contributed by atoms with Crippen LogP contribution in [0.5, 0.6) is 5.75 Å². The monoisotopic (exact) mass is 240 g/mol. The molecule has 0 aliphatic rings. The third-order valence-electron chi connectivity index (χ3n) is 2.57. The number of aliphatic hydroxyl groups is 1. The Labute approximate surface area is 102 Å². The van der Waals surface area contributed by atoms with Crippen molar-refractivity contribution >= 4 is 11.8 Å². The molecule has 1 rings (SSSR count). The van der Waals surface area contributed by atoms with Gasteiger partial charge in [0.15, 0.2) is 0 Å². The fourth-order valence-electron chi connectivity index (χ4n) is 1.52. The first-order valence-corrected chi connectivity index (χ1v) is 6.49. The van der Waals surface area contributed by atoms with E-state index < -0.39 is 6.10 Å². The van der Waals surface area contributed by atoms with E-state index in [2.05, 4.69) is 13.8 Å². The van der Waals surface area contributed by atoms with Crippen molar-refractivity contribution in [3.05, 3.63) is 23.8 Å². The number of hydrogen-bond donors (Lipinski definition) is 1. The van der Waals surface area contributed by atoms with Gasteiger partial charge in [0.25, 0.3) is 0 Å². The lowest BCUT2D eigenvalue weighted by atomic mass is 10.1. The molecule has 0 aromatic heterocycles. The highest BCUT2D eigenvalue weighted by Crippen LogP contribution is 2.37. The van der Waals surface area contributed by atoms with Crippen molar-refractivity contribution in [2.45, 2.75) is 43.4 Å². The van der Waals surface area contributed by atoms with Crippen molar-refractivity contribution in [2.24, 2.45) is 0 Å². The molecular weight excluding hydrogens is 220 g/mol. The van der Waals surface area contributed by atoms with E-state index in [1.54, 1.807) is 25.8 Å². The van der Waals surface area contributed by atoms with Gasteiger partial charge in [-0.3, -0.25) is 0 Å². The number of methoxy groups -OCH3 is 1. The molecule has 0 saturated carbocycles. The average Bonchev–Trinajstić information content (AvgIpc) is 2.28. The minimum absolute atomic E-state index is 0.497. The fraction of sp³-hybridized carbons (Fsp3) is 0.538. The number of benzene rings is 1. The van der Waals surface area contributed by atoms with Crippen molar-refractivity contribution in [1.82, 2.24) is 0 Å². The lowest BCUT2D eigenvalue weighted by molar-refractivity contribution is 0.191. The topological polar surface area (TPSA) is 29.5 Å². The van der Waals surface area contributed by atoms with Crippen LogP contribution in [-0.2, 0) is 0 Å². The van der Waals surface area contributed by atoms with Gasteiger partial charge >= 0.3 is 0 Å². The second kappa shape index (κ2) is 6.16. The van der Waals surface area contributed by atoms with Crippen LogP contribution in [0, 0.1) is 0 Å². The normalized spacial score (nSPS) is 14.6. The first kappa shape index (κ1) is 13.4. The number of ether oxygens (including phenoxy) is 1. The summed E-state index contributed by atoms with van der Waals surface area (Å²) in [7, 11) is 1.64. The van der Waals surface area contributed by atoms with E-state index in [-0.39, 0.29) is 0 Å². The van der Waals surface area contributed by atoms with E-state index in [9.17, 15) is 5.11 Å². The molecule has 2 unspecified atom stereocenters. The standard InChI is InChI=1S/C13H20O2S/c1-5-9(2)16-12-8-6-7-11(15-4)13(12)10(3)14/h6-10,14H,5H2,1-4H3. The van der Waals surface area contributed by atoms with Gasteiger partial charge in [-0.2, -0.15) is 0 Å². The summed E-state index contributed by atoms with van der Waals surface area (Å²) in [4.78, 5) is 1.11. The van der Waals surface area contributed by atoms with Crippen LogP contribution in [-0.4, -0.2) is 17.5 Å². The summed E-state index contributed by atoms with van der Waals surface area (Å²) < 4.78 is 5.29. The van der Waals surface area contributed by atoms with Gasteiger partial charge in [0.05, 0.1) is 13.2 Å². The largest absolute Gasteiger partial charge is 0.496 e. The summed E-state index contributed by atoms with van der Waals surface area (Å²) in [6.45, 7) is 6.13. The molecule has 0 fully saturated rings. The van der Waals surface area contributed by atoms with E-state index in [1.165, 1.54) is 0 Å². The first-order valence-electron chi connectivity index (χ1n) is 5.61. The highest BCUT2D eigenvalue weighted by Gasteiger charge is 2.15. The lowest BCUT2D eigenvalue weighted by Crippen LogP contribution is -2.01. The minimum atomic E-state index is -0.497. The molecule has 2 nitrogen and oxygen atoms in total. The van der Waals surface area contributed by atoms with Crippen LogP contribution < -0.4 is 4.74 Å². The molecule has 3 heteroatoms. The number of aliphatic hydroxyl groups excluding tert-OH is 1. The van der Waals surface area contributed by atoms with Gasteiger partial charge in [-0.1, -0.05) is 19.9 Å². The van der Waals surface area contributed by atoms with Crippen LogP contribution in [0.3, 0.4) is 0 Å². The fourth-order valence-corrected chi connectivity index (χ4v) is 2.67. The van der Waals surface area contributed by atoms with Crippen LogP contribution in [0.2, 0.25) is 0 Å². The quantitative estimate of drug-likeness (QED) is 0.797. The molecule has 0 heterocycles. The molecule has 1 aromatic rings. The maximum absolute atomic E-state index is 9.81. The summed E-state index contributed by atoms with van der Waals surface area (Å²) in [5.74, 6) is 0.767. The molecule has 0 amide bonds. The Morgan fingerprint density at radius 1 is 1.38 bits per heavy atom. The molecule has 1 aromatic carbocycles. The predicted octanol–water partition coefficient (Wildman–Crippen LogP) is 3.64. The van der Waals surface area contributed by atoms with Crippen LogP contribution in [0.1, 0.15) is 38.9 Å². The van der Waals surface area contributed by atoms with Crippen LogP contribution in [0.4, 0.5) is 0 Å². The molecule has 0 radical (unpaired) electrons. The van der Waals surface area contributed by atoms with E-state index in [1.807, 2.05) is 18.2 Å². The summed E-state index contributed by atoms with van der Waals surface area (Å²) in [6.07, 6.45) is 0.615. The molecule has 0 aliphatic heterocycles. The molecule has 0 bridgehead atoms. The van der Waals surface area contributed by atoms with Gasteiger partial charge < -0.3 is 9.84 Å². The Bertz CT molecular complexity index is 337. The van der Waals surface area contributed by atoms with E-state index in [0.29, 0.717) is 5.25 Å². The van der Waals surface area contributed by atoms with Gasteiger partial charge in [0, 0.05) is 15.7 Å². The average molecular weight is 240 g/mol. The van der Waals surface area contributed by atoms with Crippen molar-refractivity contribution in [3.8, 4) is 5.75 Å². The Hall–Kier alpha value is -0.670. The van der Waals surface area contributed by atoms with Gasteiger partial charge in [0.1, 0.15) is 5.75 Å². The molecule has 0 aliphatic carbocycles. The second-order valence-electron chi connectivity index (χ2n) is 3.88. The zero-order chi connectivity index (χ0) is 12.1. The first-order chi connectivity index (χ1) is 7.60. The second-order valence-corrected chi connectivity index (χ2v) is 5.37. The minimum Gasteiger partial charge on any atom is -0.496 e. The SMILES string of the molecule is CCC(C)Sc1cccc(OC)c1C(C)O. The lowest BCUT2D eigenvalue weighted by Gasteiger charge is -2.17. The number of hydrogen-bond acceptors (Lipinski definition) is 3. The Morgan fingerprint density at radius 3 is 2.56 bits per heavy atom. The number of rotatable bonds is 5. The maximum atomic E-state index is 9.81. The smallest absolute Gasteiger partial charge is 0.125 e. The van der Waals surface area contributed by atoms with Crippen molar-refractivity contribution < 1.29 is 9.84 Å². The summed E-state index contributed by atoms with van der Waals surface area (Å²) >= 11 is 1.79. The van der Waals surface area contributed by atoms with Gasteiger partial charge in [-0.15, -0.1) is 11.8 Å². The molecule has 1 N–H and O–H groups in total. The molecule has 0 saturated heterocycles. The van der Waals surface area contributed by atoms with Gasteiger partial charge in [-0.05, 0) is 25.5 Å². The van der Waals surface area contributed by atoms with Gasteiger partial charge in [-0.25, -0.2) is 0 Å². The Kier molecular flexibility index (Phi) is 5.16. The third-order valence-corrected chi connectivity index (χ3v) is 3.91. The van der Waals surface area contributed by atoms with Crippen molar-refractivity contribution in [1.29, 1.82) is 0 Å². The van der Waals surface area contributed by atoms with Crippen LogP contribution in [0.25, 0.3) is 0 Å².